The van der Waals surface area contributed by atoms with Crippen LogP contribution in [-0.4, -0.2) is 36.1 Å². The van der Waals surface area contributed by atoms with Crippen molar-refractivity contribution in [2.24, 2.45) is 0 Å². The first kappa shape index (κ1) is 24.6. The predicted octanol–water partition coefficient (Wildman–Crippen LogP) is 4.81. The summed E-state index contributed by atoms with van der Waals surface area (Å²) in [6.45, 7) is 0.645. The highest BCUT2D eigenvalue weighted by molar-refractivity contribution is 5.92. The SMILES string of the molecule is COc1cccc(CN(Cc2cccc(C(F)(F)F)c2)Cc2nc(C(=O)NC3CC3)co2)c1OC. The number of hydrogen-bond acceptors (Lipinski definition) is 6. The molecule has 10 heteroatoms. The van der Waals surface area contributed by atoms with Gasteiger partial charge in [0.15, 0.2) is 17.2 Å². The Morgan fingerprint density at radius 1 is 1.11 bits per heavy atom. The monoisotopic (exact) mass is 489 g/mol. The van der Waals surface area contributed by atoms with Crippen LogP contribution in [0.3, 0.4) is 0 Å². The number of nitrogens with one attached hydrogen (secondary N) is 1. The molecule has 1 aromatic heterocycles. The Labute approximate surface area is 200 Å². The van der Waals surface area contributed by atoms with Gasteiger partial charge in [0.05, 0.1) is 26.3 Å². The van der Waals surface area contributed by atoms with E-state index in [2.05, 4.69) is 10.3 Å². The van der Waals surface area contributed by atoms with Crippen molar-refractivity contribution in [2.75, 3.05) is 14.2 Å². The zero-order valence-corrected chi connectivity index (χ0v) is 19.4. The van der Waals surface area contributed by atoms with Crippen molar-refractivity contribution in [3.63, 3.8) is 0 Å². The van der Waals surface area contributed by atoms with Crippen LogP contribution in [0, 0.1) is 0 Å². The quantitative estimate of drug-likeness (QED) is 0.441. The van der Waals surface area contributed by atoms with E-state index in [9.17, 15) is 18.0 Å². The molecule has 1 amide bonds. The lowest BCUT2D eigenvalue weighted by Gasteiger charge is -2.23. The second-order valence-corrected chi connectivity index (χ2v) is 8.37. The highest BCUT2D eigenvalue weighted by Gasteiger charge is 2.30. The number of aromatic nitrogens is 1. The maximum atomic E-state index is 13.2. The molecule has 2 aromatic carbocycles. The molecule has 1 saturated carbocycles. The predicted molar refractivity (Wildman–Crippen MR) is 121 cm³/mol. The summed E-state index contributed by atoms with van der Waals surface area (Å²) in [6, 6.07) is 10.8. The molecule has 4 rings (SSSR count). The van der Waals surface area contributed by atoms with Crippen LogP contribution >= 0.6 is 0 Å². The summed E-state index contributed by atoms with van der Waals surface area (Å²) in [6.07, 6.45) is -1.25. The molecule has 0 aliphatic heterocycles. The Morgan fingerprint density at radius 3 is 2.57 bits per heavy atom. The standard InChI is InChI=1S/C25H26F3N3O4/c1-33-21-8-4-6-17(23(21)34-2)13-31(12-16-5-3-7-18(11-16)25(26,27)28)14-22-30-20(15-35-22)24(32)29-19-9-10-19/h3-8,11,15,19H,9-10,12-14H2,1-2H3,(H,29,32). The molecule has 0 radical (unpaired) electrons. The zero-order chi connectivity index (χ0) is 25.0. The smallest absolute Gasteiger partial charge is 0.416 e. The zero-order valence-electron chi connectivity index (χ0n) is 19.4. The molecular formula is C25H26F3N3O4. The first-order valence-electron chi connectivity index (χ1n) is 11.1. The van der Waals surface area contributed by atoms with Gasteiger partial charge in [-0.1, -0.05) is 30.3 Å². The molecule has 1 heterocycles. The second kappa shape index (κ2) is 10.4. The van der Waals surface area contributed by atoms with Gasteiger partial charge in [-0.2, -0.15) is 13.2 Å². The number of rotatable bonds is 10. The molecule has 3 aromatic rings. The molecule has 0 bridgehead atoms. The number of nitrogens with zero attached hydrogens (tertiary/aromatic N) is 2. The lowest BCUT2D eigenvalue weighted by molar-refractivity contribution is -0.137. The van der Waals surface area contributed by atoms with Gasteiger partial charge in [0.25, 0.3) is 5.91 Å². The number of para-hydroxylation sites is 1. The number of benzene rings is 2. The molecule has 7 nitrogen and oxygen atoms in total. The topological polar surface area (TPSA) is 76.8 Å². The van der Waals surface area contributed by atoms with E-state index >= 15 is 0 Å². The van der Waals surface area contributed by atoms with Gasteiger partial charge in [-0.15, -0.1) is 0 Å². The fraction of sp³-hybridized carbons (Fsp3) is 0.360. The van der Waals surface area contributed by atoms with Crippen LogP contribution in [0.5, 0.6) is 11.5 Å². The maximum absolute atomic E-state index is 13.2. The average molecular weight is 489 g/mol. The van der Waals surface area contributed by atoms with Gasteiger partial charge in [0, 0.05) is 24.7 Å². The molecule has 0 saturated heterocycles. The van der Waals surface area contributed by atoms with Crippen molar-refractivity contribution in [1.82, 2.24) is 15.2 Å². The third-order valence-corrected chi connectivity index (χ3v) is 5.59. The number of ether oxygens (including phenoxy) is 2. The molecule has 186 valence electrons. The number of carbonyl (C=O) groups is 1. The summed E-state index contributed by atoms with van der Waals surface area (Å²) < 4.78 is 56.2. The highest BCUT2D eigenvalue weighted by atomic mass is 19.4. The summed E-state index contributed by atoms with van der Waals surface area (Å²) in [5.41, 5.74) is 0.700. The minimum absolute atomic E-state index is 0.160. The van der Waals surface area contributed by atoms with E-state index in [0.29, 0.717) is 23.6 Å². The van der Waals surface area contributed by atoms with Gasteiger partial charge in [-0.25, -0.2) is 4.98 Å². The van der Waals surface area contributed by atoms with Gasteiger partial charge in [-0.3, -0.25) is 9.69 Å². The van der Waals surface area contributed by atoms with Crippen molar-refractivity contribution in [2.45, 2.75) is 44.7 Å². The van der Waals surface area contributed by atoms with Crippen LogP contribution in [-0.2, 0) is 25.8 Å². The molecule has 0 unspecified atom stereocenters. The van der Waals surface area contributed by atoms with Crippen LogP contribution in [0.15, 0.2) is 53.1 Å². The second-order valence-electron chi connectivity index (χ2n) is 8.37. The molecule has 35 heavy (non-hydrogen) atoms. The van der Waals surface area contributed by atoms with Crippen molar-refractivity contribution < 1.29 is 31.9 Å². The Bertz CT molecular complexity index is 1170. The van der Waals surface area contributed by atoms with Gasteiger partial charge >= 0.3 is 6.18 Å². The van der Waals surface area contributed by atoms with Crippen LogP contribution in [0.2, 0.25) is 0 Å². The van der Waals surface area contributed by atoms with E-state index in [0.717, 1.165) is 30.5 Å². The summed E-state index contributed by atoms with van der Waals surface area (Å²) in [5, 5.41) is 2.85. The third kappa shape index (κ3) is 6.33. The Morgan fingerprint density at radius 2 is 1.89 bits per heavy atom. The summed E-state index contributed by atoms with van der Waals surface area (Å²) in [5.74, 6) is 1.04. The summed E-state index contributed by atoms with van der Waals surface area (Å²) >= 11 is 0. The molecule has 0 spiro atoms. The van der Waals surface area contributed by atoms with Gasteiger partial charge in [0.1, 0.15) is 6.26 Å². The summed E-state index contributed by atoms with van der Waals surface area (Å²) in [4.78, 5) is 18.4. The number of methoxy groups -OCH3 is 2. The van der Waals surface area contributed by atoms with E-state index < -0.39 is 11.7 Å². The number of alkyl halides is 3. The highest BCUT2D eigenvalue weighted by Crippen LogP contribution is 2.33. The summed E-state index contributed by atoms with van der Waals surface area (Å²) in [7, 11) is 3.06. The molecule has 1 N–H and O–H groups in total. The minimum Gasteiger partial charge on any atom is -0.493 e. The lowest BCUT2D eigenvalue weighted by atomic mass is 10.1. The Kier molecular flexibility index (Phi) is 7.30. The number of carbonyl (C=O) groups excluding carboxylic acids is 1. The van der Waals surface area contributed by atoms with E-state index in [-0.39, 0.29) is 36.6 Å². The molecule has 1 aliphatic rings. The Balaban J connectivity index is 1.58. The number of halogens is 3. The molecule has 0 atom stereocenters. The average Bonchev–Trinajstić information content (AvgIpc) is 3.52. The number of oxazole rings is 1. The fourth-order valence-electron chi connectivity index (χ4n) is 3.76. The van der Waals surface area contributed by atoms with E-state index in [4.69, 9.17) is 13.9 Å². The van der Waals surface area contributed by atoms with Gasteiger partial charge in [-0.05, 0) is 30.5 Å². The fourth-order valence-corrected chi connectivity index (χ4v) is 3.76. The molecule has 1 aliphatic carbocycles. The lowest BCUT2D eigenvalue weighted by Crippen LogP contribution is -2.26. The van der Waals surface area contributed by atoms with E-state index in [1.54, 1.807) is 12.1 Å². The largest absolute Gasteiger partial charge is 0.493 e. The van der Waals surface area contributed by atoms with Crippen molar-refractivity contribution >= 4 is 5.91 Å². The van der Waals surface area contributed by atoms with Crippen LogP contribution < -0.4 is 14.8 Å². The number of amides is 1. The first-order chi connectivity index (χ1) is 16.8. The van der Waals surface area contributed by atoms with Crippen LogP contribution in [0.25, 0.3) is 0 Å². The molecular weight excluding hydrogens is 463 g/mol. The van der Waals surface area contributed by atoms with Crippen molar-refractivity contribution in [3.8, 4) is 11.5 Å². The molecule has 1 fully saturated rings. The van der Waals surface area contributed by atoms with E-state index in [1.165, 1.54) is 26.5 Å². The van der Waals surface area contributed by atoms with Gasteiger partial charge in [0.2, 0.25) is 5.89 Å². The normalized spacial score (nSPS) is 13.7. The third-order valence-electron chi connectivity index (χ3n) is 5.59. The van der Waals surface area contributed by atoms with Gasteiger partial charge < -0.3 is 19.2 Å². The number of hydrogen-bond donors (Lipinski definition) is 1. The maximum Gasteiger partial charge on any atom is 0.416 e. The Hall–Kier alpha value is -3.53. The van der Waals surface area contributed by atoms with Crippen molar-refractivity contribution in [3.05, 3.63) is 77.0 Å². The first-order valence-corrected chi connectivity index (χ1v) is 11.1. The minimum atomic E-state index is -4.44. The van der Waals surface area contributed by atoms with Crippen LogP contribution in [0.1, 0.15) is 45.9 Å². The van der Waals surface area contributed by atoms with E-state index in [1.807, 2.05) is 17.0 Å². The van der Waals surface area contributed by atoms with Crippen molar-refractivity contribution in [1.29, 1.82) is 0 Å². The van der Waals surface area contributed by atoms with Crippen LogP contribution in [0.4, 0.5) is 13.2 Å².